The van der Waals surface area contributed by atoms with Crippen LogP contribution in [0.3, 0.4) is 0 Å². The molecule has 11 amide bonds. The fourth-order valence-electron chi connectivity index (χ4n) is 9.09. The molecule has 26 nitrogen and oxygen atoms in total. The van der Waals surface area contributed by atoms with Crippen molar-refractivity contribution in [1.82, 2.24) is 68.1 Å². The molecule has 29 heteroatoms. The molecule has 7 unspecified atom stereocenters. The number of rotatable bonds is 12. The van der Waals surface area contributed by atoms with Gasteiger partial charge in [0.25, 0.3) is 17.7 Å². The van der Waals surface area contributed by atoms with E-state index in [0.717, 1.165) is 34.0 Å². The molecule has 0 spiro atoms. The summed E-state index contributed by atoms with van der Waals surface area (Å²) in [7, 11) is 0. The summed E-state index contributed by atoms with van der Waals surface area (Å²) in [5.74, 6) is -8.55. The molecular weight excluding hydrogens is 1200 g/mol. The van der Waals surface area contributed by atoms with Gasteiger partial charge in [-0.2, -0.15) is 0 Å². The Morgan fingerprint density at radius 1 is 0.494 bits per heavy atom. The highest BCUT2D eigenvalue weighted by molar-refractivity contribution is 7.10. The second-order valence-electron chi connectivity index (χ2n) is 21.4. The van der Waals surface area contributed by atoms with E-state index in [9.17, 15) is 57.8 Å². The molecule has 0 radical (unpaired) electrons. The molecule has 1 aliphatic rings. The van der Waals surface area contributed by atoms with Crippen LogP contribution in [0, 0.1) is 11.8 Å². The molecule has 89 heavy (non-hydrogen) atoms. The van der Waals surface area contributed by atoms with Crippen LogP contribution < -0.4 is 58.9 Å². The van der Waals surface area contributed by atoms with Crippen molar-refractivity contribution in [2.24, 2.45) is 17.6 Å². The van der Waals surface area contributed by atoms with E-state index in [1.807, 2.05) is 27.7 Å². The van der Waals surface area contributed by atoms with E-state index >= 15 is 0 Å². The maximum atomic E-state index is 14.7. The van der Waals surface area contributed by atoms with Gasteiger partial charge in [0.1, 0.15) is 56.0 Å². The maximum absolute atomic E-state index is 14.7. The number of hydrogen-bond acceptors (Lipinski definition) is 18. The van der Waals surface area contributed by atoms with E-state index in [0.29, 0.717) is 39.5 Å². The topological polar surface area (TPSA) is 393 Å². The fraction of sp³-hybridized carbons (Fsp3) is 0.367. The molecule has 1 aliphatic heterocycles. The third-order valence-corrected chi connectivity index (χ3v) is 16.8. The number of amides is 11. The lowest BCUT2D eigenvalue weighted by molar-refractivity contribution is -0.132. The Balaban J connectivity index is 1.18. The molecule has 13 N–H and O–H groups in total. The van der Waals surface area contributed by atoms with Gasteiger partial charge < -0.3 is 64.0 Å². The monoisotopic (exact) mass is 1270 g/mol. The molecule has 0 saturated heterocycles. The zero-order chi connectivity index (χ0) is 64.1. The second-order valence-corrected chi connectivity index (χ2v) is 24.1. The van der Waals surface area contributed by atoms with Gasteiger partial charge in [0.15, 0.2) is 0 Å². The number of phenols is 1. The molecule has 0 saturated carbocycles. The van der Waals surface area contributed by atoms with Gasteiger partial charge in [-0.25, -0.2) is 15.0 Å². The minimum Gasteiger partial charge on any atom is -0.508 e. The van der Waals surface area contributed by atoms with Crippen LogP contribution >= 0.6 is 34.0 Å². The molecule has 4 heterocycles. The first-order chi connectivity index (χ1) is 42.6. The number of nitrogens with two attached hydrogens (primary N) is 1. The summed E-state index contributed by atoms with van der Waals surface area (Å²) in [5, 5.41) is 41.7. The number of phenolic OH excluding ortho intramolecular Hbond substituents is 1. The first-order valence-electron chi connectivity index (χ1n) is 28.5. The van der Waals surface area contributed by atoms with Gasteiger partial charge in [-0.05, 0) is 47.1 Å². The number of nitrogens with zero attached hydrogens (tertiary/aromatic N) is 3. The van der Waals surface area contributed by atoms with E-state index in [1.54, 1.807) is 78.2 Å². The SMILES string of the molecule is CCC(C)C1NC(=O)C(Cc2ccccc2)NC(=O)C(Cc2ccccc2)NC(=O)CNC(=O)CNC(=O)CNC(=O)CNC(=O)c2csc(n2)C(CC(N)=O)NC(=O)C(Cc2ccc(O)cc2)NC(=O)c2csc(n2)C(CC(C)C)NC(=O)c2csc1n2. The predicted molar refractivity (Wildman–Crippen MR) is 330 cm³/mol. The van der Waals surface area contributed by atoms with Gasteiger partial charge in [-0.1, -0.05) is 107 Å². The van der Waals surface area contributed by atoms with Gasteiger partial charge in [0, 0.05) is 35.4 Å². The molecule has 0 aliphatic carbocycles. The van der Waals surface area contributed by atoms with Crippen LogP contribution in [0.4, 0.5) is 0 Å². The highest BCUT2D eigenvalue weighted by Crippen LogP contribution is 2.30. The average molecular weight is 1280 g/mol. The highest BCUT2D eigenvalue weighted by atomic mass is 32.1. The Hall–Kier alpha value is -9.48. The minimum absolute atomic E-state index is 0.00976. The Bertz CT molecular complexity index is 3490. The van der Waals surface area contributed by atoms with Crippen molar-refractivity contribution < 1.29 is 57.8 Å². The van der Waals surface area contributed by atoms with E-state index in [-0.39, 0.29) is 58.9 Å². The summed E-state index contributed by atoms with van der Waals surface area (Å²) < 4.78 is 0. The summed E-state index contributed by atoms with van der Waals surface area (Å²) in [5.41, 5.74) is 7.26. The van der Waals surface area contributed by atoms with Crippen molar-refractivity contribution in [2.45, 2.75) is 102 Å². The van der Waals surface area contributed by atoms with Crippen LogP contribution in [-0.4, -0.2) is 129 Å². The molecule has 0 fully saturated rings. The van der Waals surface area contributed by atoms with Gasteiger partial charge >= 0.3 is 0 Å². The number of hydrogen-bond donors (Lipinski definition) is 12. The van der Waals surface area contributed by atoms with Crippen molar-refractivity contribution in [1.29, 1.82) is 0 Å². The summed E-state index contributed by atoms with van der Waals surface area (Å²) in [6.07, 6.45) is 0.366. The van der Waals surface area contributed by atoms with Crippen LogP contribution in [0.2, 0.25) is 0 Å². The summed E-state index contributed by atoms with van der Waals surface area (Å²) in [4.78, 5) is 163. The predicted octanol–water partition coefficient (Wildman–Crippen LogP) is 2.10. The third kappa shape index (κ3) is 20.6. The van der Waals surface area contributed by atoms with Crippen molar-refractivity contribution in [3.05, 3.63) is 150 Å². The van der Waals surface area contributed by atoms with Gasteiger partial charge in [-0.3, -0.25) is 52.7 Å². The number of aromatic nitrogens is 3. The molecule has 6 bridgehead atoms. The standard InChI is InChI=1S/C60H70N14O12S3/c1-5-33(4)51-60-73-45(31-89-60)57(86)69-41(20-32(2)3)58-72-44(30-88-58)56(85)68-39(23-36-16-18-37(75)19-17-36)54(83)70-42(24-46(61)76)59-71-43(29-87-59)52(81)65-27-49(79)63-25-47(77)62-26-48(78)64-28-50(80)66-38(21-34-12-8-6-9-13-34)53(82)67-40(55(84)74-51)22-35-14-10-7-11-15-35/h6-19,29-33,38-42,51,75H,5,20-28H2,1-4H3,(H2,61,76)(H,62,77)(H,63,79)(H,64,78)(H,65,81)(H,66,80)(H,67,82)(H,68,85)(H,69,86)(H,70,83)(H,74,84). The number of carbonyl (C=O) groups is 11. The van der Waals surface area contributed by atoms with E-state index < -0.39 is 134 Å². The zero-order valence-corrected chi connectivity index (χ0v) is 51.5. The van der Waals surface area contributed by atoms with Crippen molar-refractivity contribution in [3.63, 3.8) is 0 Å². The number of benzene rings is 3. The summed E-state index contributed by atoms with van der Waals surface area (Å²) >= 11 is 3.14. The number of primary amides is 1. The van der Waals surface area contributed by atoms with Crippen LogP contribution in [0.1, 0.15) is 128 Å². The lowest BCUT2D eigenvalue weighted by Crippen LogP contribution is -2.56. The van der Waals surface area contributed by atoms with Gasteiger partial charge in [-0.15, -0.1) is 34.0 Å². The second kappa shape index (κ2) is 32.5. The molecule has 3 aromatic carbocycles. The van der Waals surface area contributed by atoms with Crippen LogP contribution in [-0.2, 0) is 57.6 Å². The first-order valence-corrected chi connectivity index (χ1v) is 31.2. The van der Waals surface area contributed by atoms with Gasteiger partial charge in [0.05, 0.1) is 50.7 Å². The largest absolute Gasteiger partial charge is 0.508 e. The Morgan fingerprint density at radius 3 is 1.40 bits per heavy atom. The number of aromatic hydroxyl groups is 1. The summed E-state index contributed by atoms with van der Waals surface area (Å²) in [6, 6.07) is 17.2. The number of fused-ring (bicyclic) bond motifs is 6. The van der Waals surface area contributed by atoms with E-state index in [4.69, 9.17) is 10.7 Å². The lowest BCUT2D eigenvalue weighted by atomic mass is 9.98. The van der Waals surface area contributed by atoms with Crippen LogP contribution in [0.5, 0.6) is 5.75 Å². The van der Waals surface area contributed by atoms with Crippen molar-refractivity contribution in [3.8, 4) is 5.75 Å². The quantitative estimate of drug-likeness (QED) is 0.0835. The maximum Gasteiger partial charge on any atom is 0.271 e. The Kier molecular flexibility index (Phi) is 24.5. The fourth-order valence-corrected chi connectivity index (χ4v) is 11.8. The van der Waals surface area contributed by atoms with Crippen molar-refractivity contribution >= 4 is 99.0 Å². The Labute approximate surface area is 524 Å². The molecule has 7 atom stereocenters. The third-order valence-electron chi connectivity index (χ3n) is 14.0. The molecule has 470 valence electrons. The number of carbonyl (C=O) groups excluding carboxylic acids is 11. The Morgan fingerprint density at radius 2 is 0.899 bits per heavy atom. The normalized spacial score (nSPS) is 20.6. The smallest absolute Gasteiger partial charge is 0.271 e. The van der Waals surface area contributed by atoms with Crippen molar-refractivity contribution in [2.75, 3.05) is 26.2 Å². The highest BCUT2D eigenvalue weighted by Gasteiger charge is 2.34. The summed E-state index contributed by atoms with van der Waals surface area (Å²) in [6.45, 7) is 5.26. The average Bonchev–Trinajstić information content (AvgIpc) is 4.49. The number of thiazole rings is 3. The van der Waals surface area contributed by atoms with Crippen LogP contribution in [0.15, 0.2) is 101 Å². The van der Waals surface area contributed by atoms with Gasteiger partial charge in [0.2, 0.25) is 47.3 Å². The molecule has 7 rings (SSSR count). The zero-order valence-electron chi connectivity index (χ0n) is 49.1. The minimum atomic E-state index is -1.34. The molecule has 3 aromatic heterocycles. The first kappa shape index (κ1) is 67.0. The molecule has 6 aromatic rings. The van der Waals surface area contributed by atoms with E-state index in [2.05, 4.69) is 63.1 Å². The van der Waals surface area contributed by atoms with E-state index in [1.165, 1.54) is 22.9 Å². The number of nitrogens with one attached hydrogen (secondary N) is 10. The lowest BCUT2D eigenvalue weighted by Gasteiger charge is -2.27. The molecular formula is C60H70N14O12S3. The van der Waals surface area contributed by atoms with Crippen LogP contribution in [0.25, 0.3) is 0 Å².